The normalized spacial score (nSPS) is 16.8. The third-order valence-corrected chi connectivity index (χ3v) is 7.67. The van der Waals surface area contributed by atoms with E-state index in [9.17, 15) is 18.0 Å². The molecular weight excluding hydrogens is 424 g/mol. The number of carbonyl (C=O) groups is 2. The van der Waals surface area contributed by atoms with E-state index < -0.39 is 10.0 Å². The first kappa shape index (κ1) is 22.5. The summed E-state index contributed by atoms with van der Waals surface area (Å²) in [5.41, 5.74) is 1.21. The molecule has 2 aromatic rings. The van der Waals surface area contributed by atoms with Gasteiger partial charge >= 0.3 is 0 Å². The maximum Gasteiger partial charge on any atom is 0.243 e. The summed E-state index contributed by atoms with van der Waals surface area (Å²) in [5.74, 6) is -0.543. The lowest BCUT2D eigenvalue weighted by atomic mass is 9.96. The van der Waals surface area contributed by atoms with Crippen LogP contribution >= 0.6 is 11.6 Å². The lowest BCUT2D eigenvalue weighted by Gasteiger charge is -2.31. The lowest BCUT2D eigenvalue weighted by molar-refractivity contribution is -0.126. The van der Waals surface area contributed by atoms with Crippen molar-refractivity contribution in [2.45, 2.75) is 37.6 Å². The number of amides is 1. The van der Waals surface area contributed by atoms with Gasteiger partial charge in [0.25, 0.3) is 0 Å². The van der Waals surface area contributed by atoms with Crippen LogP contribution in [-0.2, 0) is 14.8 Å². The number of ketones is 1. The molecule has 8 heteroatoms. The summed E-state index contributed by atoms with van der Waals surface area (Å²) in [5, 5.41) is 3.58. The second kappa shape index (κ2) is 9.29. The summed E-state index contributed by atoms with van der Waals surface area (Å²) in [7, 11) is -3.71. The first-order chi connectivity index (χ1) is 14.2. The maximum atomic E-state index is 12.9. The maximum absolute atomic E-state index is 12.9. The molecule has 1 unspecified atom stereocenters. The van der Waals surface area contributed by atoms with Gasteiger partial charge in [0.1, 0.15) is 0 Å². The molecule has 1 saturated heterocycles. The summed E-state index contributed by atoms with van der Waals surface area (Å²) in [4.78, 5) is 24.4. The van der Waals surface area contributed by atoms with Crippen LogP contribution in [0.5, 0.6) is 0 Å². The van der Waals surface area contributed by atoms with Crippen LogP contribution in [0.25, 0.3) is 0 Å². The second-order valence-corrected chi connectivity index (χ2v) is 9.86. The fraction of sp³-hybridized carbons (Fsp3) is 0.364. The van der Waals surface area contributed by atoms with E-state index in [1.807, 2.05) is 25.1 Å². The number of sulfonamides is 1. The molecule has 1 aliphatic rings. The van der Waals surface area contributed by atoms with Gasteiger partial charge in [0.2, 0.25) is 15.9 Å². The Kier molecular flexibility index (Phi) is 6.95. The van der Waals surface area contributed by atoms with E-state index in [2.05, 4.69) is 5.32 Å². The highest BCUT2D eigenvalue weighted by Crippen LogP contribution is 2.26. The molecule has 1 fully saturated rings. The van der Waals surface area contributed by atoms with E-state index in [4.69, 9.17) is 11.6 Å². The number of Topliss-reactive ketones (excluding diaryl/α,β-unsaturated/α-hetero) is 1. The number of hydrogen-bond acceptors (Lipinski definition) is 4. The monoisotopic (exact) mass is 448 g/mol. The molecule has 3 rings (SSSR count). The molecule has 1 amide bonds. The Morgan fingerprint density at radius 3 is 2.40 bits per heavy atom. The minimum Gasteiger partial charge on any atom is -0.349 e. The second-order valence-electron chi connectivity index (χ2n) is 7.51. The minimum atomic E-state index is -3.71. The number of piperidine rings is 1. The zero-order chi connectivity index (χ0) is 21.9. The fourth-order valence-electron chi connectivity index (χ4n) is 3.62. The molecule has 0 spiro atoms. The van der Waals surface area contributed by atoms with Gasteiger partial charge < -0.3 is 5.32 Å². The van der Waals surface area contributed by atoms with Gasteiger partial charge in [-0.15, -0.1) is 0 Å². The first-order valence-electron chi connectivity index (χ1n) is 9.86. The van der Waals surface area contributed by atoms with E-state index in [1.54, 1.807) is 18.2 Å². The number of benzene rings is 2. The van der Waals surface area contributed by atoms with Crippen molar-refractivity contribution in [3.63, 3.8) is 0 Å². The zero-order valence-corrected chi connectivity index (χ0v) is 18.5. The molecule has 1 aliphatic heterocycles. The molecule has 0 bridgehead atoms. The van der Waals surface area contributed by atoms with E-state index in [1.165, 1.54) is 23.4 Å². The van der Waals surface area contributed by atoms with Gasteiger partial charge in [0.15, 0.2) is 5.78 Å². The topological polar surface area (TPSA) is 83.6 Å². The molecule has 0 saturated carbocycles. The Balaban J connectivity index is 1.62. The van der Waals surface area contributed by atoms with Gasteiger partial charge in [-0.1, -0.05) is 41.9 Å². The molecule has 1 N–H and O–H groups in total. The number of carbonyl (C=O) groups excluding carboxylic acids is 2. The van der Waals surface area contributed by atoms with Crippen molar-refractivity contribution in [3.8, 4) is 0 Å². The third-order valence-electron chi connectivity index (χ3n) is 5.43. The van der Waals surface area contributed by atoms with E-state index in [0.29, 0.717) is 23.4 Å². The SMILES string of the molecule is CC(=O)c1cccc(S(=O)(=O)N2CCC(C(=O)NC(C)c3ccccc3Cl)CC2)c1. The Morgan fingerprint density at radius 2 is 1.77 bits per heavy atom. The van der Waals surface area contributed by atoms with Crippen molar-refractivity contribution in [2.24, 2.45) is 5.92 Å². The molecule has 160 valence electrons. The van der Waals surface area contributed by atoms with Crippen LogP contribution in [0.4, 0.5) is 0 Å². The molecule has 1 atom stereocenters. The van der Waals surface area contributed by atoms with Gasteiger partial charge in [-0.25, -0.2) is 8.42 Å². The van der Waals surface area contributed by atoms with Crippen LogP contribution in [0, 0.1) is 5.92 Å². The van der Waals surface area contributed by atoms with E-state index in [-0.39, 0.29) is 41.6 Å². The highest BCUT2D eigenvalue weighted by Gasteiger charge is 2.32. The highest BCUT2D eigenvalue weighted by atomic mass is 35.5. The third kappa shape index (κ3) is 4.91. The van der Waals surface area contributed by atoms with Gasteiger partial charge in [-0.05, 0) is 50.5 Å². The Hall–Kier alpha value is -2.22. The number of hydrogen-bond donors (Lipinski definition) is 1. The van der Waals surface area contributed by atoms with E-state index >= 15 is 0 Å². The van der Waals surface area contributed by atoms with Gasteiger partial charge in [0.05, 0.1) is 10.9 Å². The predicted molar refractivity (Wildman–Crippen MR) is 116 cm³/mol. The molecule has 0 radical (unpaired) electrons. The number of nitrogens with zero attached hydrogens (tertiary/aromatic N) is 1. The average molecular weight is 449 g/mol. The lowest BCUT2D eigenvalue weighted by Crippen LogP contribution is -2.43. The van der Waals surface area contributed by atoms with Crippen LogP contribution < -0.4 is 5.32 Å². The predicted octanol–water partition coefficient (Wildman–Crippen LogP) is 3.82. The summed E-state index contributed by atoms with van der Waals surface area (Å²) in [6, 6.07) is 13.2. The van der Waals surface area contributed by atoms with E-state index in [0.717, 1.165) is 5.56 Å². The molecule has 2 aromatic carbocycles. The summed E-state index contributed by atoms with van der Waals surface area (Å²) >= 11 is 6.20. The Bertz CT molecular complexity index is 1050. The fourth-order valence-corrected chi connectivity index (χ4v) is 5.43. The van der Waals surface area contributed by atoms with Crippen molar-refractivity contribution in [3.05, 3.63) is 64.7 Å². The van der Waals surface area contributed by atoms with Crippen molar-refractivity contribution in [1.82, 2.24) is 9.62 Å². The highest BCUT2D eigenvalue weighted by molar-refractivity contribution is 7.89. The first-order valence-corrected chi connectivity index (χ1v) is 11.7. The molecular formula is C22H25ClN2O4S. The van der Waals surface area contributed by atoms with Crippen LogP contribution in [-0.4, -0.2) is 37.5 Å². The smallest absolute Gasteiger partial charge is 0.243 e. The zero-order valence-electron chi connectivity index (χ0n) is 17.0. The quantitative estimate of drug-likeness (QED) is 0.681. The van der Waals surface area contributed by atoms with Crippen LogP contribution in [0.1, 0.15) is 48.7 Å². The van der Waals surface area contributed by atoms with Crippen molar-refractivity contribution in [2.75, 3.05) is 13.1 Å². The van der Waals surface area contributed by atoms with Crippen LogP contribution in [0.3, 0.4) is 0 Å². The van der Waals surface area contributed by atoms with Gasteiger partial charge in [-0.2, -0.15) is 4.31 Å². The number of nitrogens with one attached hydrogen (secondary N) is 1. The number of halogens is 1. The Morgan fingerprint density at radius 1 is 1.10 bits per heavy atom. The van der Waals surface area contributed by atoms with Crippen molar-refractivity contribution in [1.29, 1.82) is 0 Å². The Labute approximate surface area is 182 Å². The number of rotatable bonds is 6. The molecule has 6 nitrogen and oxygen atoms in total. The largest absolute Gasteiger partial charge is 0.349 e. The van der Waals surface area contributed by atoms with Gasteiger partial charge in [0, 0.05) is 29.6 Å². The summed E-state index contributed by atoms with van der Waals surface area (Å²) in [6.07, 6.45) is 0.874. The van der Waals surface area contributed by atoms with Crippen LogP contribution in [0.2, 0.25) is 5.02 Å². The average Bonchev–Trinajstić information content (AvgIpc) is 2.74. The molecule has 1 heterocycles. The van der Waals surface area contributed by atoms with Crippen LogP contribution in [0.15, 0.2) is 53.4 Å². The summed E-state index contributed by atoms with van der Waals surface area (Å²) in [6.45, 7) is 3.79. The molecule has 30 heavy (non-hydrogen) atoms. The molecule has 0 aliphatic carbocycles. The summed E-state index contributed by atoms with van der Waals surface area (Å²) < 4.78 is 27.3. The standard InChI is InChI=1S/C22H25ClN2O4S/c1-15(20-8-3-4-9-21(20)23)24-22(27)17-10-12-25(13-11-17)30(28,29)19-7-5-6-18(14-19)16(2)26/h3-9,14-15,17H,10-13H2,1-2H3,(H,24,27). The molecule has 0 aromatic heterocycles. The van der Waals surface area contributed by atoms with Gasteiger partial charge in [-0.3, -0.25) is 9.59 Å². The van der Waals surface area contributed by atoms with Crippen molar-refractivity contribution >= 4 is 33.3 Å². The minimum absolute atomic E-state index is 0.0990. The van der Waals surface area contributed by atoms with Crippen molar-refractivity contribution < 1.29 is 18.0 Å².